The van der Waals surface area contributed by atoms with Crippen LogP contribution in [0.4, 0.5) is 5.69 Å². The molecule has 21 heavy (non-hydrogen) atoms. The smallest absolute Gasteiger partial charge is 0.253 e. The Morgan fingerprint density at radius 1 is 1.24 bits per heavy atom. The maximum atomic E-state index is 11.8. The lowest BCUT2D eigenvalue weighted by molar-refractivity contribution is 0.0958. The summed E-state index contributed by atoms with van der Waals surface area (Å²) in [5.74, 6) is 5.88. The van der Waals surface area contributed by atoms with Crippen molar-refractivity contribution in [1.82, 2.24) is 10.3 Å². The zero-order valence-corrected chi connectivity index (χ0v) is 12.1. The molecule has 4 nitrogen and oxygen atoms in total. The number of rotatable bonds is 3. The third kappa shape index (κ3) is 4.08. The fourth-order valence-corrected chi connectivity index (χ4v) is 1.83. The molecule has 0 saturated heterocycles. The molecule has 1 amide bonds. The van der Waals surface area contributed by atoms with Crippen molar-refractivity contribution < 1.29 is 4.79 Å². The highest BCUT2D eigenvalue weighted by Crippen LogP contribution is 2.16. The van der Waals surface area contributed by atoms with E-state index in [9.17, 15) is 4.79 Å². The summed E-state index contributed by atoms with van der Waals surface area (Å²) in [6, 6.07) is 11.4. The Balaban J connectivity index is 1.97. The first-order valence-electron chi connectivity index (χ1n) is 6.62. The van der Waals surface area contributed by atoms with E-state index in [2.05, 4.69) is 22.1 Å². The summed E-state index contributed by atoms with van der Waals surface area (Å²) in [4.78, 5) is 17.7. The van der Waals surface area contributed by atoms with Gasteiger partial charge in [0.2, 0.25) is 0 Å². The van der Waals surface area contributed by atoms with Gasteiger partial charge in [0, 0.05) is 32.1 Å². The van der Waals surface area contributed by atoms with Crippen molar-refractivity contribution in [3.63, 3.8) is 0 Å². The molecule has 1 aromatic carbocycles. The van der Waals surface area contributed by atoms with Gasteiger partial charge in [0.25, 0.3) is 5.91 Å². The minimum absolute atomic E-state index is 0.168. The SMILES string of the molecule is CN(C)c1ccccc1C#CCNC(=O)c1cccnc1. The van der Waals surface area contributed by atoms with Crippen LogP contribution in [0.3, 0.4) is 0 Å². The first-order valence-corrected chi connectivity index (χ1v) is 6.62. The van der Waals surface area contributed by atoms with Crippen molar-refractivity contribution in [3.05, 3.63) is 59.9 Å². The summed E-state index contributed by atoms with van der Waals surface area (Å²) < 4.78 is 0. The van der Waals surface area contributed by atoms with Crippen molar-refractivity contribution in [3.8, 4) is 11.8 Å². The minimum Gasteiger partial charge on any atom is -0.377 e. The number of anilines is 1. The van der Waals surface area contributed by atoms with Gasteiger partial charge in [-0.3, -0.25) is 9.78 Å². The molecule has 0 fully saturated rings. The highest BCUT2D eigenvalue weighted by molar-refractivity contribution is 5.93. The van der Waals surface area contributed by atoms with E-state index in [0.717, 1.165) is 11.3 Å². The van der Waals surface area contributed by atoms with Gasteiger partial charge in [-0.15, -0.1) is 0 Å². The van der Waals surface area contributed by atoms with Gasteiger partial charge in [-0.05, 0) is 24.3 Å². The number of carbonyl (C=O) groups is 1. The predicted molar refractivity (Wildman–Crippen MR) is 84.2 cm³/mol. The molecule has 0 aliphatic rings. The summed E-state index contributed by atoms with van der Waals surface area (Å²) in [7, 11) is 3.95. The van der Waals surface area contributed by atoms with Crippen LogP contribution in [0.2, 0.25) is 0 Å². The maximum Gasteiger partial charge on any atom is 0.253 e. The summed E-state index contributed by atoms with van der Waals surface area (Å²) in [5, 5.41) is 2.75. The Kier molecular flexibility index (Phi) is 4.94. The topological polar surface area (TPSA) is 45.2 Å². The molecule has 0 radical (unpaired) electrons. The Morgan fingerprint density at radius 3 is 2.76 bits per heavy atom. The quantitative estimate of drug-likeness (QED) is 0.873. The number of benzene rings is 1. The standard InChI is InChI=1S/C17H17N3O/c1-20(2)16-10-4-3-7-14(16)8-6-12-19-17(21)15-9-5-11-18-13-15/h3-5,7,9-11,13H,12H2,1-2H3,(H,19,21). The van der Waals surface area contributed by atoms with E-state index in [1.807, 2.05) is 43.3 Å². The molecule has 1 heterocycles. The number of aromatic nitrogens is 1. The molecule has 2 rings (SSSR count). The molecule has 0 aliphatic heterocycles. The number of hydrogen-bond acceptors (Lipinski definition) is 3. The molecule has 2 aromatic rings. The molecule has 1 N–H and O–H groups in total. The number of pyridine rings is 1. The van der Waals surface area contributed by atoms with Crippen LogP contribution in [-0.4, -0.2) is 31.5 Å². The van der Waals surface area contributed by atoms with Crippen LogP contribution < -0.4 is 10.2 Å². The lowest BCUT2D eigenvalue weighted by atomic mass is 10.1. The maximum absolute atomic E-state index is 11.8. The number of carbonyl (C=O) groups excluding carboxylic acids is 1. The average molecular weight is 279 g/mol. The van der Waals surface area contributed by atoms with Crippen LogP contribution in [0, 0.1) is 11.8 Å². The van der Waals surface area contributed by atoms with E-state index in [4.69, 9.17) is 0 Å². The minimum atomic E-state index is -0.168. The van der Waals surface area contributed by atoms with Crippen molar-refractivity contribution in [2.45, 2.75) is 0 Å². The number of nitrogens with zero attached hydrogens (tertiary/aromatic N) is 2. The van der Waals surface area contributed by atoms with Crippen molar-refractivity contribution in [2.24, 2.45) is 0 Å². The lowest BCUT2D eigenvalue weighted by Crippen LogP contribution is -2.23. The molecule has 106 valence electrons. The third-order valence-electron chi connectivity index (χ3n) is 2.87. The van der Waals surface area contributed by atoms with E-state index in [0.29, 0.717) is 12.1 Å². The van der Waals surface area contributed by atoms with Gasteiger partial charge in [0.05, 0.1) is 17.8 Å². The molecular weight excluding hydrogens is 262 g/mol. The summed E-state index contributed by atoms with van der Waals surface area (Å²) in [5.41, 5.74) is 2.54. The third-order valence-corrected chi connectivity index (χ3v) is 2.87. The average Bonchev–Trinajstić information content (AvgIpc) is 2.52. The number of para-hydroxylation sites is 1. The van der Waals surface area contributed by atoms with Crippen LogP contribution in [0.1, 0.15) is 15.9 Å². The summed E-state index contributed by atoms with van der Waals surface area (Å²) in [6.07, 6.45) is 3.17. The van der Waals surface area contributed by atoms with E-state index in [1.165, 1.54) is 6.20 Å². The summed E-state index contributed by atoms with van der Waals surface area (Å²) >= 11 is 0. The van der Waals surface area contributed by atoms with E-state index < -0.39 is 0 Å². The predicted octanol–water partition coefficient (Wildman–Crippen LogP) is 1.93. The Morgan fingerprint density at radius 2 is 2.05 bits per heavy atom. The zero-order valence-electron chi connectivity index (χ0n) is 12.1. The fraction of sp³-hybridized carbons (Fsp3) is 0.176. The van der Waals surface area contributed by atoms with Gasteiger partial charge >= 0.3 is 0 Å². The molecule has 0 saturated carbocycles. The van der Waals surface area contributed by atoms with Crippen molar-refractivity contribution >= 4 is 11.6 Å². The second kappa shape index (κ2) is 7.11. The number of nitrogens with one attached hydrogen (secondary N) is 1. The first kappa shape index (κ1) is 14.6. The monoisotopic (exact) mass is 279 g/mol. The van der Waals surface area contributed by atoms with Crippen LogP contribution in [-0.2, 0) is 0 Å². The molecule has 0 atom stereocenters. The number of hydrogen-bond donors (Lipinski definition) is 1. The Labute approximate surface area is 124 Å². The van der Waals surface area contributed by atoms with Crippen LogP contribution in [0.25, 0.3) is 0 Å². The van der Waals surface area contributed by atoms with Crippen molar-refractivity contribution in [1.29, 1.82) is 0 Å². The fourth-order valence-electron chi connectivity index (χ4n) is 1.83. The molecule has 0 spiro atoms. The highest BCUT2D eigenvalue weighted by atomic mass is 16.1. The van der Waals surface area contributed by atoms with Crippen LogP contribution in [0.15, 0.2) is 48.8 Å². The van der Waals surface area contributed by atoms with Gasteiger partial charge in [-0.1, -0.05) is 24.0 Å². The Hall–Kier alpha value is -2.80. The van der Waals surface area contributed by atoms with Gasteiger partial charge in [-0.25, -0.2) is 0 Å². The van der Waals surface area contributed by atoms with Crippen LogP contribution in [0.5, 0.6) is 0 Å². The molecule has 0 aliphatic carbocycles. The highest BCUT2D eigenvalue weighted by Gasteiger charge is 2.02. The zero-order chi connectivity index (χ0) is 15.1. The summed E-state index contributed by atoms with van der Waals surface area (Å²) in [6.45, 7) is 0.301. The second-order valence-electron chi connectivity index (χ2n) is 4.64. The van der Waals surface area contributed by atoms with Crippen LogP contribution >= 0.6 is 0 Å². The molecule has 4 heteroatoms. The molecule has 0 unspecified atom stereocenters. The van der Waals surface area contributed by atoms with E-state index in [-0.39, 0.29) is 5.91 Å². The molecule has 1 aromatic heterocycles. The Bertz CT molecular complexity index is 669. The van der Waals surface area contributed by atoms with Gasteiger partial charge < -0.3 is 10.2 Å². The van der Waals surface area contributed by atoms with Crippen molar-refractivity contribution in [2.75, 3.05) is 25.5 Å². The van der Waals surface area contributed by atoms with E-state index >= 15 is 0 Å². The van der Waals surface area contributed by atoms with Gasteiger partial charge in [0.1, 0.15) is 0 Å². The van der Waals surface area contributed by atoms with Gasteiger partial charge in [0.15, 0.2) is 0 Å². The lowest BCUT2D eigenvalue weighted by Gasteiger charge is -2.13. The normalized spacial score (nSPS) is 9.43. The molecule has 0 bridgehead atoms. The van der Waals surface area contributed by atoms with Gasteiger partial charge in [-0.2, -0.15) is 0 Å². The molecular formula is C17H17N3O. The largest absolute Gasteiger partial charge is 0.377 e. The first-order chi connectivity index (χ1) is 10.2. The van der Waals surface area contributed by atoms with E-state index in [1.54, 1.807) is 18.3 Å². The second-order valence-corrected chi connectivity index (χ2v) is 4.64. The number of amides is 1.